The van der Waals surface area contributed by atoms with Crippen molar-refractivity contribution < 1.29 is 9.53 Å². The summed E-state index contributed by atoms with van der Waals surface area (Å²) in [5.41, 5.74) is 2.28. The molecule has 0 aliphatic carbocycles. The van der Waals surface area contributed by atoms with Crippen LogP contribution in [0.15, 0.2) is 60.7 Å². The molecule has 1 N–H and O–H groups in total. The molecule has 142 valence electrons. The molecule has 3 rings (SSSR count). The van der Waals surface area contributed by atoms with Crippen LogP contribution in [0.2, 0.25) is 0 Å². The quantitative estimate of drug-likeness (QED) is 0.855. The van der Waals surface area contributed by atoms with Gasteiger partial charge in [0.25, 0.3) is 0 Å². The number of benzene rings is 2. The van der Waals surface area contributed by atoms with Crippen LogP contribution in [0.25, 0.3) is 6.08 Å². The first-order valence-electron chi connectivity index (χ1n) is 9.34. The molecule has 2 aromatic carbocycles. The van der Waals surface area contributed by atoms with Gasteiger partial charge >= 0.3 is 6.03 Å². The van der Waals surface area contributed by atoms with Crippen molar-refractivity contribution in [3.8, 4) is 5.75 Å². The fraction of sp³-hybridized carbons (Fsp3) is 0.318. The maximum absolute atomic E-state index is 12.4. The van der Waals surface area contributed by atoms with Crippen LogP contribution in [0.1, 0.15) is 11.1 Å². The van der Waals surface area contributed by atoms with Crippen molar-refractivity contribution in [1.29, 1.82) is 0 Å². The summed E-state index contributed by atoms with van der Waals surface area (Å²) in [5, 5.41) is 3.00. The van der Waals surface area contributed by atoms with Crippen molar-refractivity contribution in [2.45, 2.75) is 6.54 Å². The molecule has 0 atom stereocenters. The number of methoxy groups -OCH3 is 1. The van der Waals surface area contributed by atoms with Crippen LogP contribution in [-0.4, -0.2) is 55.7 Å². The lowest BCUT2D eigenvalue weighted by Crippen LogP contribution is -2.51. The van der Waals surface area contributed by atoms with Crippen molar-refractivity contribution in [2.24, 2.45) is 0 Å². The first-order chi connectivity index (χ1) is 13.2. The molecule has 5 heteroatoms. The van der Waals surface area contributed by atoms with Gasteiger partial charge in [-0.3, -0.25) is 4.90 Å². The Bertz CT molecular complexity index is 736. The van der Waals surface area contributed by atoms with E-state index in [9.17, 15) is 4.79 Å². The minimum Gasteiger partial charge on any atom is -0.497 e. The molecule has 0 aromatic heterocycles. The topological polar surface area (TPSA) is 44.8 Å². The zero-order chi connectivity index (χ0) is 18.9. The lowest BCUT2D eigenvalue weighted by atomic mass is 10.2. The Balaban J connectivity index is 1.37. The number of hydrogen-bond donors (Lipinski definition) is 1. The summed E-state index contributed by atoms with van der Waals surface area (Å²) >= 11 is 0. The number of carbonyl (C=O) groups is 1. The number of amides is 2. The smallest absolute Gasteiger partial charge is 0.317 e. The van der Waals surface area contributed by atoms with E-state index in [4.69, 9.17) is 4.74 Å². The number of piperazine rings is 1. The molecule has 27 heavy (non-hydrogen) atoms. The average Bonchev–Trinajstić information content (AvgIpc) is 2.73. The number of ether oxygens (including phenoxy) is 1. The lowest BCUT2D eigenvalue weighted by molar-refractivity contribution is 0.146. The third kappa shape index (κ3) is 5.86. The Morgan fingerprint density at radius 2 is 1.74 bits per heavy atom. The van der Waals surface area contributed by atoms with E-state index in [0.29, 0.717) is 6.54 Å². The maximum Gasteiger partial charge on any atom is 0.317 e. The molecule has 0 spiro atoms. The number of nitrogens with one attached hydrogen (secondary N) is 1. The van der Waals surface area contributed by atoms with E-state index in [1.807, 2.05) is 47.4 Å². The molecule has 0 unspecified atom stereocenters. The SMILES string of the molecule is COc1ccc(CNC(=O)N2CCN(C/C=C/c3ccccc3)CC2)cc1. The van der Waals surface area contributed by atoms with Gasteiger partial charge in [-0.05, 0) is 23.3 Å². The summed E-state index contributed by atoms with van der Waals surface area (Å²) in [6.07, 6.45) is 4.34. The molecule has 0 radical (unpaired) electrons. The van der Waals surface area contributed by atoms with Gasteiger partial charge in [0.1, 0.15) is 5.75 Å². The molecule has 1 heterocycles. The van der Waals surface area contributed by atoms with Crippen LogP contribution >= 0.6 is 0 Å². The van der Waals surface area contributed by atoms with Crippen molar-refractivity contribution in [3.63, 3.8) is 0 Å². The van der Waals surface area contributed by atoms with Crippen LogP contribution in [0, 0.1) is 0 Å². The lowest BCUT2D eigenvalue weighted by Gasteiger charge is -2.34. The normalized spacial score (nSPS) is 15.1. The highest BCUT2D eigenvalue weighted by molar-refractivity contribution is 5.74. The monoisotopic (exact) mass is 365 g/mol. The highest BCUT2D eigenvalue weighted by Crippen LogP contribution is 2.11. The summed E-state index contributed by atoms with van der Waals surface area (Å²) in [5.74, 6) is 0.822. The molecule has 0 bridgehead atoms. The van der Waals surface area contributed by atoms with E-state index in [1.165, 1.54) is 5.56 Å². The molecule has 1 saturated heterocycles. The summed E-state index contributed by atoms with van der Waals surface area (Å²) < 4.78 is 5.15. The molecule has 5 nitrogen and oxygen atoms in total. The van der Waals surface area contributed by atoms with Crippen molar-refractivity contribution in [2.75, 3.05) is 39.8 Å². The van der Waals surface area contributed by atoms with Gasteiger partial charge in [0, 0.05) is 39.3 Å². The second kappa shape index (κ2) is 9.78. The van der Waals surface area contributed by atoms with Crippen molar-refractivity contribution in [1.82, 2.24) is 15.1 Å². The molecule has 2 amide bonds. The van der Waals surface area contributed by atoms with Gasteiger partial charge in [0.15, 0.2) is 0 Å². The Morgan fingerprint density at radius 3 is 2.41 bits per heavy atom. The first-order valence-corrected chi connectivity index (χ1v) is 9.34. The number of carbonyl (C=O) groups excluding carboxylic acids is 1. The molecule has 0 saturated carbocycles. The Hall–Kier alpha value is -2.79. The van der Waals surface area contributed by atoms with Gasteiger partial charge in [-0.25, -0.2) is 4.79 Å². The highest BCUT2D eigenvalue weighted by atomic mass is 16.5. The van der Waals surface area contributed by atoms with Crippen LogP contribution in [0.5, 0.6) is 5.75 Å². The fourth-order valence-corrected chi connectivity index (χ4v) is 3.07. The number of urea groups is 1. The highest BCUT2D eigenvalue weighted by Gasteiger charge is 2.19. The van der Waals surface area contributed by atoms with Crippen LogP contribution in [0.3, 0.4) is 0 Å². The van der Waals surface area contributed by atoms with Crippen LogP contribution in [-0.2, 0) is 6.54 Å². The number of hydrogen-bond acceptors (Lipinski definition) is 3. The number of rotatable bonds is 6. The van der Waals surface area contributed by atoms with Gasteiger partial charge in [0.2, 0.25) is 0 Å². The number of nitrogens with zero attached hydrogens (tertiary/aromatic N) is 2. The third-order valence-corrected chi connectivity index (χ3v) is 4.74. The Kier molecular flexibility index (Phi) is 6.88. The molecule has 1 aliphatic rings. The van der Waals surface area contributed by atoms with Crippen molar-refractivity contribution >= 4 is 12.1 Å². The predicted octanol–water partition coefficient (Wildman–Crippen LogP) is 3.24. The molecular weight excluding hydrogens is 338 g/mol. The predicted molar refractivity (Wildman–Crippen MR) is 109 cm³/mol. The van der Waals surface area contributed by atoms with Gasteiger partial charge in [-0.15, -0.1) is 0 Å². The van der Waals surface area contributed by atoms with Crippen LogP contribution in [0.4, 0.5) is 4.79 Å². The summed E-state index contributed by atoms with van der Waals surface area (Å²) in [4.78, 5) is 16.6. The van der Waals surface area contributed by atoms with Crippen LogP contribution < -0.4 is 10.1 Å². The second-order valence-electron chi connectivity index (χ2n) is 6.61. The van der Waals surface area contributed by atoms with E-state index in [1.54, 1.807) is 7.11 Å². The maximum atomic E-state index is 12.4. The van der Waals surface area contributed by atoms with E-state index in [0.717, 1.165) is 44.0 Å². The zero-order valence-electron chi connectivity index (χ0n) is 15.8. The van der Waals surface area contributed by atoms with E-state index in [2.05, 4.69) is 34.5 Å². The Labute approximate surface area is 161 Å². The minimum atomic E-state index is 0.00490. The molecular formula is C22H27N3O2. The molecule has 1 fully saturated rings. The summed E-state index contributed by atoms with van der Waals surface area (Å²) in [6, 6.07) is 18.1. The zero-order valence-corrected chi connectivity index (χ0v) is 15.8. The van der Waals surface area contributed by atoms with E-state index < -0.39 is 0 Å². The van der Waals surface area contributed by atoms with Gasteiger partial charge in [0.05, 0.1) is 7.11 Å². The minimum absolute atomic E-state index is 0.00490. The standard InChI is InChI=1S/C22H27N3O2/c1-27-21-11-9-20(10-12-21)18-23-22(26)25-16-14-24(15-17-25)13-5-8-19-6-3-2-4-7-19/h2-12H,13-18H2,1H3,(H,23,26)/b8-5+. The average molecular weight is 365 g/mol. The van der Waals surface area contributed by atoms with Gasteiger partial charge < -0.3 is 15.0 Å². The van der Waals surface area contributed by atoms with Crippen molar-refractivity contribution in [3.05, 3.63) is 71.8 Å². The van der Waals surface area contributed by atoms with E-state index >= 15 is 0 Å². The van der Waals surface area contributed by atoms with Gasteiger partial charge in [-0.1, -0.05) is 54.6 Å². The Morgan fingerprint density at radius 1 is 1.04 bits per heavy atom. The largest absolute Gasteiger partial charge is 0.497 e. The van der Waals surface area contributed by atoms with E-state index in [-0.39, 0.29) is 6.03 Å². The summed E-state index contributed by atoms with van der Waals surface area (Å²) in [7, 11) is 1.65. The third-order valence-electron chi connectivity index (χ3n) is 4.74. The molecule has 2 aromatic rings. The molecule has 1 aliphatic heterocycles. The fourth-order valence-electron chi connectivity index (χ4n) is 3.07. The second-order valence-corrected chi connectivity index (χ2v) is 6.61. The summed E-state index contributed by atoms with van der Waals surface area (Å²) in [6.45, 7) is 4.75. The van der Waals surface area contributed by atoms with Gasteiger partial charge in [-0.2, -0.15) is 0 Å². The first kappa shape index (κ1) is 19.0.